The number of nitrogens with one attached hydrogen (secondary N) is 3. The zero-order valence-corrected chi connectivity index (χ0v) is 18.1. The number of carbonyl (C=O) groups excluding carboxylic acids is 1. The molecule has 1 aromatic carbocycles. The summed E-state index contributed by atoms with van der Waals surface area (Å²) in [5, 5.41) is 9.23. The highest BCUT2D eigenvalue weighted by Gasteiger charge is 2.06. The van der Waals surface area contributed by atoms with E-state index in [0.717, 1.165) is 16.9 Å². The summed E-state index contributed by atoms with van der Waals surface area (Å²) in [7, 11) is 3.37. The van der Waals surface area contributed by atoms with Crippen molar-refractivity contribution in [2.24, 2.45) is 4.99 Å². The fourth-order valence-corrected chi connectivity index (χ4v) is 2.35. The van der Waals surface area contributed by atoms with Crippen LogP contribution in [-0.2, 0) is 6.54 Å². The molecule has 0 aliphatic rings. The van der Waals surface area contributed by atoms with Crippen molar-refractivity contribution in [2.75, 3.05) is 27.2 Å². The van der Waals surface area contributed by atoms with Crippen LogP contribution in [0, 0.1) is 6.92 Å². The molecule has 0 aliphatic heterocycles. The molecule has 0 unspecified atom stereocenters. The minimum Gasteiger partial charge on any atom is -0.496 e. The van der Waals surface area contributed by atoms with Crippen LogP contribution in [0.15, 0.2) is 47.7 Å². The molecule has 0 fully saturated rings. The predicted octanol–water partition coefficient (Wildman–Crippen LogP) is 2.11. The van der Waals surface area contributed by atoms with Gasteiger partial charge < -0.3 is 20.7 Å². The van der Waals surface area contributed by atoms with Crippen LogP contribution in [0.5, 0.6) is 5.75 Å². The largest absolute Gasteiger partial charge is 0.496 e. The lowest BCUT2D eigenvalue weighted by atomic mass is 10.1. The van der Waals surface area contributed by atoms with Crippen molar-refractivity contribution in [1.82, 2.24) is 20.9 Å². The molecule has 0 spiro atoms. The molecule has 2 rings (SSSR count). The summed E-state index contributed by atoms with van der Waals surface area (Å²) < 4.78 is 5.41. The maximum Gasteiger partial charge on any atom is 0.252 e. The van der Waals surface area contributed by atoms with Gasteiger partial charge in [0.15, 0.2) is 5.96 Å². The van der Waals surface area contributed by atoms with Gasteiger partial charge in [-0.1, -0.05) is 12.1 Å². The molecule has 27 heavy (non-hydrogen) atoms. The van der Waals surface area contributed by atoms with E-state index in [1.54, 1.807) is 32.5 Å². The molecule has 1 aromatic heterocycles. The van der Waals surface area contributed by atoms with Crippen molar-refractivity contribution in [3.63, 3.8) is 0 Å². The summed E-state index contributed by atoms with van der Waals surface area (Å²) >= 11 is 0. The zero-order valence-electron chi connectivity index (χ0n) is 15.8. The number of halogens is 1. The molecule has 0 radical (unpaired) electrons. The van der Waals surface area contributed by atoms with Gasteiger partial charge in [0.05, 0.1) is 12.7 Å². The smallest absolute Gasteiger partial charge is 0.252 e. The van der Waals surface area contributed by atoms with Crippen LogP contribution < -0.4 is 20.7 Å². The number of aliphatic imine (C=N–C) groups is 1. The van der Waals surface area contributed by atoms with Gasteiger partial charge in [0, 0.05) is 44.6 Å². The van der Waals surface area contributed by atoms with Gasteiger partial charge in [0.1, 0.15) is 5.75 Å². The molecular formula is C19H26IN5O2. The molecule has 3 N–H and O–H groups in total. The van der Waals surface area contributed by atoms with Crippen LogP contribution in [0.1, 0.15) is 21.5 Å². The topological polar surface area (TPSA) is 87.6 Å². The highest BCUT2D eigenvalue weighted by Crippen LogP contribution is 2.19. The molecule has 146 valence electrons. The first-order valence-corrected chi connectivity index (χ1v) is 8.40. The van der Waals surface area contributed by atoms with Crippen LogP contribution >= 0.6 is 24.0 Å². The Kier molecular flexibility index (Phi) is 10.2. The second-order valence-electron chi connectivity index (χ2n) is 5.67. The van der Waals surface area contributed by atoms with E-state index in [1.165, 1.54) is 6.20 Å². The molecule has 0 saturated carbocycles. The number of pyridine rings is 1. The number of hydrogen-bond acceptors (Lipinski definition) is 4. The standard InChI is InChI=1S/C19H25N5O2.HI/c1-14-6-7-15(17(11-14)26-3)13-24-19(20-2)23-10-9-22-18(25)16-5-4-8-21-12-16;/h4-8,11-12H,9-10,13H2,1-3H3,(H,22,25)(H2,20,23,24);1H. The Hall–Kier alpha value is -2.36. The first-order valence-electron chi connectivity index (χ1n) is 8.40. The number of methoxy groups -OCH3 is 1. The number of carbonyl (C=O) groups is 1. The average molecular weight is 483 g/mol. The van der Waals surface area contributed by atoms with Crippen molar-refractivity contribution in [1.29, 1.82) is 0 Å². The van der Waals surface area contributed by atoms with Crippen LogP contribution in [0.25, 0.3) is 0 Å². The van der Waals surface area contributed by atoms with Crippen molar-refractivity contribution in [3.05, 3.63) is 59.4 Å². The van der Waals surface area contributed by atoms with E-state index >= 15 is 0 Å². The number of hydrogen-bond donors (Lipinski definition) is 3. The lowest BCUT2D eigenvalue weighted by Gasteiger charge is -2.14. The molecule has 8 heteroatoms. The average Bonchev–Trinajstić information content (AvgIpc) is 2.68. The first-order chi connectivity index (χ1) is 12.6. The van der Waals surface area contributed by atoms with Gasteiger partial charge in [0.2, 0.25) is 0 Å². The number of rotatable bonds is 7. The molecule has 0 aliphatic carbocycles. The van der Waals surface area contributed by atoms with Crippen molar-refractivity contribution >= 4 is 35.8 Å². The Balaban J connectivity index is 0.00000364. The fraction of sp³-hybridized carbons (Fsp3) is 0.316. The van der Waals surface area contributed by atoms with Crippen molar-refractivity contribution in [2.45, 2.75) is 13.5 Å². The van der Waals surface area contributed by atoms with Gasteiger partial charge >= 0.3 is 0 Å². The van der Waals surface area contributed by atoms with Gasteiger partial charge in [-0.25, -0.2) is 0 Å². The molecular weight excluding hydrogens is 457 g/mol. The maximum absolute atomic E-state index is 11.9. The van der Waals surface area contributed by atoms with E-state index in [2.05, 4.69) is 25.9 Å². The molecule has 1 heterocycles. The van der Waals surface area contributed by atoms with Gasteiger partial charge in [-0.05, 0) is 30.7 Å². The minimum absolute atomic E-state index is 0. The van der Waals surface area contributed by atoms with Crippen LogP contribution in [0.4, 0.5) is 0 Å². The summed E-state index contributed by atoms with van der Waals surface area (Å²) in [6.07, 6.45) is 3.18. The SMILES string of the molecule is CN=C(NCCNC(=O)c1cccnc1)NCc1ccc(C)cc1OC.I. The second-order valence-corrected chi connectivity index (χ2v) is 5.67. The third-order valence-electron chi connectivity index (χ3n) is 3.74. The Morgan fingerprint density at radius 2 is 1.96 bits per heavy atom. The number of aromatic nitrogens is 1. The first kappa shape index (κ1) is 22.7. The monoisotopic (exact) mass is 483 g/mol. The van der Waals surface area contributed by atoms with Gasteiger partial charge in [-0.15, -0.1) is 24.0 Å². The Morgan fingerprint density at radius 1 is 1.19 bits per heavy atom. The number of guanidine groups is 1. The minimum atomic E-state index is -0.146. The third-order valence-corrected chi connectivity index (χ3v) is 3.74. The summed E-state index contributed by atoms with van der Waals surface area (Å²) in [5.41, 5.74) is 2.74. The highest BCUT2D eigenvalue weighted by molar-refractivity contribution is 14.0. The normalized spacial score (nSPS) is 10.6. The van der Waals surface area contributed by atoms with E-state index < -0.39 is 0 Å². The van der Waals surface area contributed by atoms with E-state index in [0.29, 0.717) is 31.2 Å². The lowest BCUT2D eigenvalue weighted by molar-refractivity contribution is 0.0954. The maximum atomic E-state index is 11.9. The summed E-state index contributed by atoms with van der Waals surface area (Å²) in [6.45, 7) is 3.64. The third kappa shape index (κ3) is 7.41. The number of ether oxygens (including phenoxy) is 1. The van der Waals surface area contributed by atoms with Crippen LogP contribution in [-0.4, -0.2) is 44.1 Å². The van der Waals surface area contributed by atoms with Crippen molar-refractivity contribution in [3.8, 4) is 5.75 Å². The van der Waals surface area contributed by atoms with Crippen LogP contribution in [0.2, 0.25) is 0 Å². The predicted molar refractivity (Wildman–Crippen MR) is 118 cm³/mol. The molecule has 1 amide bonds. The van der Waals surface area contributed by atoms with E-state index in [9.17, 15) is 4.79 Å². The zero-order chi connectivity index (χ0) is 18.8. The Labute approximate surface area is 177 Å². The van der Waals surface area contributed by atoms with Gasteiger partial charge in [0.25, 0.3) is 5.91 Å². The number of aryl methyl sites for hydroxylation is 1. The number of nitrogens with zero attached hydrogens (tertiary/aromatic N) is 2. The Bertz CT molecular complexity index is 753. The molecule has 0 atom stereocenters. The number of benzene rings is 1. The quantitative estimate of drug-likeness (QED) is 0.243. The lowest BCUT2D eigenvalue weighted by Crippen LogP contribution is -2.41. The van der Waals surface area contributed by atoms with E-state index in [4.69, 9.17) is 4.74 Å². The fourth-order valence-electron chi connectivity index (χ4n) is 2.35. The molecule has 0 saturated heterocycles. The molecule has 2 aromatic rings. The summed E-state index contributed by atoms with van der Waals surface area (Å²) in [5.74, 6) is 1.35. The van der Waals surface area contributed by atoms with Crippen molar-refractivity contribution < 1.29 is 9.53 Å². The summed E-state index contributed by atoms with van der Waals surface area (Å²) in [6, 6.07) is 9.54. The van der Waals surface area contributed by atoms with Gasteiger partial charge in [-0.2, -0.15) is 0 Å². The Morgan fingerprint density at radius 3 is 2.63 bits per heavy atom. The highest BCUT2D eigenvalue weighted by atomic mass is 127. The molecule has 0 bridgehead atoms. The van der Waals surface area contributed by atoms with Gasteiger partial charge in [-0.3, -0.25) is 14.8 Å². The van der Waals surface area contributed by atoms with Crippen LogP contribution in [0.3, 0.4) is 0 Å². The summed E-state index contributed by atoms with van der Waals surface area (Å²) in [4.78, 5) is 20.0. The van der Waals surface area contributed by atoms with E-state index in [1.807, 2.05) is 25.1 Å². The van der Waals surface area contributed by atoms with E-state index in [-0.39, 0.29) is 29.9 Å². The number of amides is 1. The second kappa shape index (κ2) is 12.1. The molecule has 7 nitrogen and oxygen atoms in total.